The first-order chi connectivity index (χ1) is 23.1. The van der Waals surface area contributed by atoms with Gasteiger partial charge in [0.05, 0.1) is 28.5 Å². The number of nitrogens with zero attached hydrogens (tertiary/aromatic N) is 4. The summed E-state index contributed by atoms with van der Waals surface area (Å²) in [5, 5.41) is 11.0. The van der Waals surface area contributed by atoms with Crippen LogP contribution in [0.15, 0.2) is 158 Å². The smallest absolute Gasteiger partial charge is 0.149 e. The molecule has 0 radical (unpaired) electrons. The van der Waals surface area contributed by atoms with Crippen LogP contribution in [-0.2, 0) is 0 Å². The second-order valence-corrected chi connectivity index (χ2v) is 11.6. The summed E-state index contributed by atoms with van der Waals surface area (Å²) in [4.78, 5) is 14.4. The van der Waals surface area contributed by atoms with Crippen molar-refractivity contribution in [3.63, 3.8) is 0 Å². The first-order valence-corrected chi connectivity index (χ1v) is 15.6. The largest absolute Gasteiger partial charge is 0.506 e. The predicted molar refractivity (Wildman–Crippen MR) is 190 cm³/mol. The summed E-state index contributed by atoms with van der Waals surface area (Å²) in [6, 6.07) is 50.0. The molecule has 0 saturated carbocycles. The zero-order valence-electron chi connectivity index (χ0n) is 25.7. The highest BCUT2D eigenvalue weighted by molar-refractivity contribution is 5.97. The number of aromatic nitrogens is 4. The van der Waals surface area contributed by atoms with Crippen molar-refractivity contribution in [1.82, 2.24) is 19.5 Å². The molecule has 0 bridgehead atoms. The molecule has 8 aromatic rings. The third-order valence-corrected chi connectivity index (χ3v) is 8.47. The van der Waals surface area contributed by atoms with Crippen molar-refractivity contribution in [2.24, 2.45) is 0 Å². The molecule has 5 heteroatoms. The fourth-order valence-electron chi connectivity index (χ4n) is 6.21. The molecule has 0 amide bonds. The van der Waals surface area contributed by atoms with Gasteiger partial charge in [-0.2, -0.15) is 0 Å². The van der Waals surface area contributed by atoms with Gasteiger partial charge in [0.25, 0.3) is 0 Å². The van der Waals surface area contributed by atoms with Crippen LogP contribution in [0.1, 0.15) is 5.69 Å². The number of aryl methyl sites for hydroxylation is 1. The molecule has 47 heavy (non-hydrogen) atoms. The second-order valence-electron chi connectivity index (χ2n) is 11.6. The van der Waals surface area contributed by atoms with Gasteiger partial charge in [-0.25, -0.2) is 4.98 Å². The zero-order chi connectivity index (χ0) is 31.7. The molecule has 224 valence electrons. The van der Waals surface area contributed by atoms with Gasteiger partial charge in [-0.15, -0.1) is 0 Å². The Balaban J connectivity index is 1.37. The number of pyridine rings is 2. The van der Waals surface area contributed by atoms with Gasteiger partial charge in [0.1, 0.15) is 11.6 Å². The summed E-state index contributed by atoms with van der Waals surface area (Å²) in [6.45, 7) is 1.92. The Kier molecular flexibility index (Phi) is 7.12. The molecular formula is C42H30N4O. The third-order valence-electron chi connectivity index (χ3n) is 8.47. The highest BCUT2D eigenvalue weighted by Gasteiger charge is 2.21. The van der Waals surface area contributed by atoms with Crippen LogP contribution in [0.2, 0.25) is 0 Å². The maximum Gasteiger partial charge on any atom is 0.149 e. The molecule has 0 aliphatic heterocycles. The molecule has 8 rings (SSSR count). The van der Waals surface area contributed by atoms with E-state index < -0.39 is 0 Å². The van der Waals surface area contributed by atoms with Gasteiger partial charge in [0.15, 0.2) is 0 Å². The molecule has 0 spiro atoms. The number of imidazole rings is 1. The maximum absolute atomic E-state index is 11.0. The Bertz CT molecular complexity index is 2370. The lowest BCUT2D eigenvalue weighted by Gasteiger charge is -2.13. The van der Waals surface area contributed by atoms with Crippen LogP contribution >= 0.6 is 0 Å². The van der Waals surface area contributed by atoms with Gasteiger partial charge in [0, 0.05) is 28.7 Å². The fourth-order valence-corrected chi connectivity index (χ4v) is 6.21. The van der Waals surface area contributed by atoms with E-state index in [2.05, 4.69) is 119 Å². The SMILES string of the molecule is Cc1cc(-c2nc3c(-c4cc(-c5ccccc5)cc(-c5cc(-c6ccccc6)ccn5)c4)cccc3n2-c2ccccc2)c(O)cn1. The van der Waals surface area contributed by atoms with Gasteiger partial charge in [-0.3, -0.25) is 14.5 Å². The number of aromatic hydroxyl groups is 1. The Morgan fingerprint density at radius 1 is 0.532 bits per heavy atom. The van der Waals surface area contributed by atoms with E-state index >= 15 is 0 Å². The minimum absolute atomic E-state index is 0.0855. The van der Waals surface area contributed by atoms with E-state index in [0.717, 1.165) is 67.1 Å². The molecule has 0 fully saturated rings. The van der Waals surface area contributed by atoms with E-state index in [1.54, 1.807) is 0 Å². The van der Waals surface area contributed by atoms with Crippen LogP contribution in [0.5, 0.6) is 5.75 Å². The molecule has 0 aliphatic carbocycles. The van der Waals surface area contributed by atoms with Crippen molar-refractivity contribution < 1.29 is 5.11 Å². The van der Waals surface area contributed by atoms with Crippen LogP contribution in [0, 0.1) is 6.92 Å². The van der Waals surface area contributed by atoms with Crippen LogP contribution in [0.4, 0.5) is 0 Å². The normalized spacial score (nSPS) is 11.2. The molecule has 0 unspecified atom stereocenters. The lowest BCUT2D eigenvalue weighted by atomic mass is 9.93. The molecule has 0 saturated heterocycles. The van der Waals surface area contributed by atoms with Crippen molar-refractivity contribution in [1.29, 1.82) is 0 Å². The monoisotopic (exact) mass is 606 g/mol. The van der Waals surface area contributed by atoms with Crippen LogP contribution in [0.25, 0.3) is 72.7 Å². The summed E-state index contributed by atoms with van der Waals surface area (Å²) in [5.74, 6) is 0.737. The number of hydrogen-bond acceptors (Lipinski definition) is 4. The lowest BCUT2D eigenvalue weighted by Crippen LogP contribution is -1.98. The average molecular weight is 607 g/mol. The van der Waals surface area contributed by atoms with Gasteiger partial charge < -0.3 is 5.11 Å². The van der Waals surface area contributed by atoms with E-state index in [4.69, 9.17) is 9.97 Å². The standard InChI is InChI=1S/C42H30N4O/c1-28-22-37(40(47)27-44-28)42-45-41-36(18-11-19-39(41)46(42)35-16-9-4-10-17-35)33-23-32(30-14-7-3-8-15-30)24-34(25-33)38-26-31(20-21-43-38)29-12-5-2-6-13-29/h2-27,47H,1H3. The van der Waals surface area contributed by atoms with Crippen LogP contribution in [0.3, 0.4) is 0 Å². The molecule has 3 aromatic heterocycles. The summed E-state index contributed by atoms with van der Waals surface area (Å²) < 4.78 is 2.11. The van der Waals surface area contributed by atoms with E-state index in [9.17, 15) is 5.11 Å². The van der Waals surface area contributed by atoms with Crippen molar-refractivity contribution in [3.05, 3.63) is 164 Å². The van der Waals surface area contributed by atoms with Crippen molar-refractivity contribution in [2.45, 2.75) is 6.92 Å². The maximum atomic E-state index is 11.0. The Labute approximate surface area is 273 Å². The first kappa shape index (κ1) is 28.2. The first-order valence-electron chi connectivity index (χ1n) is 15.6. The Morgan fingerprint density at radius 3 is 1.94 bits per heavy atom. The molecule has 3 heterocycles. The van der Waals surface area contributed by atoms with Crippen molar-refractivity contribution in [3.8, 4) is 67.5 Å². The quantitative estimate of drug-likeness (QED) is 0.205. The van der Waals surface area contributed by atoms with E-state index in [1.807, 2.05) is 49.5 Å². The third kappa shape index (κ3) is 5.34. The Hall–Kier alpha value is -6.33. The van der Waals surface area contributed by atoms with Crippen molar-refractivity contribution >= 4 is 11.0 Å². The molecule has 0 aliphatic rings. The molecule has 5 aromatic carbocycles. The predicted octanol–water partition coefficient (Wildman–Crippen LogP) is 10.2. The van der Waals surface area contributed by atoms with E-state index in [0.29, 0.717) is 11.4 Å². The van der Waals surface area contributed by atoms with Gasteiger partial charge in [0.2, 0.25) is 0 Å². The van der Waals surface area contributed by atoms with Crippen LogP contribution < -0.4 is 0 Å². The number of benzene rings is 5. The molecule has 1 N–H and O–H groups in total. The summed E-state index contributed by atoms with van der Waals surface area (Å²) >= 11 is 0. The van der Waals surface area contributed by atoms with E-state index in [1.165, 1.54) is 6.20 Å². The van der Waals surface area contributed by atoms with Gasteiger partial charge in [-0.1, -0.05) is 91.0 Å². The number of hydrogen-bond donors (Lipinski definition) is 1. The highest BCUT2D eigenvalue weighted by Crippen LogP contribution is 2.39. The van der Waals surface area contributed by atoms with Gasteiger partial charge in [-0.05, 0) is 89.3 Å². The number of rotatable bonds is 6. The molecule has 0 atom stereocenters. The van der Waals surface area contributed by atoms with Gasteiger partial charge >= 0.3 is 0 Å². The topological polar surface area (TPSA) is 63.8 Å². The highest BCUT2D eigenvalue weighted by atomic mass is 16.3. The number of fused-ring (bicyclic) bond motifs is 1. The minimum Gasteiger partial charge on any atom is -0.506 e. The molecule has 5 nitrogen and oxygen atoms in total. The summed E-state index contributed by atoms with van der Waals surface area (Å²) in [6.07, 6.45) is 3.37. The summed E-state index contributed by atoms with van der Waals surface area (Å²) in [7, 11) is 0. The minimum atomic E-state index is 0.0855. The zero-order valence-corrected chi connectivity index (χ0v) is 25.7. The average Bonchev–Trinajstić information content (AvgIpc) is 3.53. The van der Waals surface area contributed by atoms with Crippen molar-refractivity contribution in [2.75, 3.05) is 0 Å². The number of para-hydroxylation sites is 2. The summed E-state index contributed by atoms with van der Waals surface area (Å²) in [5.41, 5.74) is 12.6. The van der Waals surface area contributed by atoms with Crippen LogP contribution in [-0.4, -0.2) is 24.6 Å². The second kappa shape index (κ2) is 11.9. The lowest BCUT2D eigenvalue weighted by molar-refractivity contribution is 0.474. The Morgan fingerprint density at radius 2 is 1.19 bits per heavy atom. The van der Waals surface area contributed by atoms with E-state index in [-0.39, 0.29) is 5.75 Å². The fraction of sp³-hybridized carbons (Fsp3) is 0.0238. The molecular weight excluding hydrogens is 576 g/mol.